The van der Waals surface area contributed by atoms with Gasteiger partial charge in [-0.05, 0) is 12.8 Å². The van der Waals surface area contributed by atoms with Crippen molar-refractivity contribution in [3.05, 3.63) is 0 Å². The lowest BCUT2D eigenvalue weighted by molar-refractivity contribution is -0.137. The predicted octanol–water partition coefficient (Wildman–Crippen LogP) is 1.07. The summed E-state index contributed by atoms with van der Waals surface area (Å²) in [5.74, 6) is -0.709. The molecule has 60 valence electrons. The van der Waals surface area contributed by atoms with Crippen LogP contribution in [-0.4, -0.2) is 17.6 Å². The van der Waals surface area contributed by atoms with E-state index in [1.54, 1.807) is 0 Å². The minimum Gasteiger partial charge on any atom is -0.481 e. The Morgan fingerprint density at radius 1 is 1.40 bits per heavy atom. The van der Waals surface area contributed by atoms with Crippen LogP contribution in [0.5, 0.6) is 0 Å². The zero-order valence-electron chi connectivity index (χ0n) is 5.84. The topological polar surface area (TPSA) is 49.3 Å². The molecule has 0 heterocycles. The van der Waals surface area contributed by atoms with Crippen LogP contribution in [-0.2, 0) is 4.79 Å². The molecule has 0 bridgehead atoms. The summed E-state index contributed by atoms with van der Waals surface area (Å²) in [6.07, 6.45) is 3.01. The van der Waals surface area contributed by atoms with Gasteiger partial charge in [0.15, 0.2) is 0 Å². The van der Waals surface area contributed by atoms with Crippen LogP contribution >= 0.6 is 12.8 Å². The van der Waals surface area contributed by atoms with Crippen LogP contribution < -0.4 is 4.72 Å². The Morgan fingerprint density at radius 2 is 2.10 bits per heavy atom. The number of carbonyl (C=O) groups is 1. The number of carboxylic acid groups (broad SMARTS) is 1. The summed E-state index contributed by atoms with van der Waals surface area (Å²) in [4.78, 5) is 10.0. The molecule has 0 saturated heterocycles. The van der Waals surface area contributed by atoms with Crippen molar-refractivity contribution in [1.29, 1.82) is 0 Å². The quantitative estimate of drug-likeness (QED) is 0.405. The lowest BCUT2D eigenvalue weighted by atomic mass is 10.2. The van der Waals surface area contributed by atoms with E-state index in [1.165, 1.54) is 0 Å². The Hall–Kier alpha value is -0.220. The molecular formula is C6H13NO2S. The molecule has 4 heteroatoms. The van der Waals surface area contributed by atoms with Gasteiger partial charge in [-0.1, -0.05) is 19.2 Å². The minimum absolute atomic E-state index is 0.284. The summed E-state index contributed by atoms with van der Waals surface area (Å²) in [5, 5.41) is 8.24. The normalized spacial score (nSPS) is 9.70. The fraction of sp³-hybridized carbons (Fsp3) is 0.833. The molecule has 0 aliphatic carbocycles. The molecule has 0 fully saturated rings. The summed E-state index contributed by atoms with van der Waals surface area (Å²) < 4.78 is 2.70. The third-order valence-electron chi connectivity index (χ3n) is 1.18. The largest absolute Gasteiger partial charge is 0.481 e. The molecule has 0 radical (unpaired) electrons. The molecule has 10 heavy (non-hydrogen) atoms. The number of unbranched alkanes of at least 4 members (excludes halogenated alkanes) is 2. The van der Waals surface area contributed by atoms with E-state index in [9.17, 15) is 4.79 Å². The van der Waals surface area contributed by atoms with E-state index in [4.69, 9.17) is 5.11 Å². The summed E-state index contributed by atoms with van der Waals surface area (Å²) in [7, 11) is 0. The predicted molar refractivity (Wildman–Crippen MR) is 43.1 cm³/mol. The highest BCUT2D eigenvalue weighted by atomic mass is 32.1. The van der Waals surface area contributed by atoms with Crippen molar-refractivity contribution < 1.29 is 9.90 Å². The SMILES string of the molecule is O=C(O)CCCCCNS. The van der Waals surface area contributed by atoms with Crippen LogP contribution in [0.2, 0.25) is 0 Å². The van der Waals surface area contributed by atoms with E-state index >= 15 is 0 Å². The first kappa shape index (κ1) is 9.78. The number of nitrogens with one attached hydrogen (secondary N) is 1. The van der Waals surface area contributed by atoms with Crippen molar-refractivity contribution in [3.63, 3.8) is 0 Å². The van der Waals surface area contributed by atoms with Gasteiger partial charge in [0.1, 0.15) is 0 Å². The highest BCUT2D eigenvalue weighted by molar-refractivity contribution is 7.78. The molecule has 3 nitrogen and oxygen atoms in total. The molecule has 0 aromatic rings. The van der Waals surface area contributed by atoms with Crippen molar-refractivity contribution in [2.45, 2.75) is 25.7 Å². The monoisotopic (exact) mass is 163 g/mol. The van der Waals surface area contributed by atoms with Crippen LogP contribution in [0, 0.1) is 0 Å². The van der Waals surface area contributed by atoms with Crippen molar-refractivity contribution in [2.75, 3.05) is 6.54 Å². The average Bonchev–Trinajstić information content (AvgIpc) is 1.87. The number of thiol groups is 1. The van der Waals surface area contributed by atoms with Gasteiger partial charge in [-0.3, -0.25) is 9.52 Å². The fourth-order valence-corrected chi connectivity index (χ4v) is 0.815. The molecule has 0 rings (SSSR count). The maximum Gasteiger partial charge on any atom is 0.303 e. The third-order valence-corrected chi connectivity index (χ3v) is 1.40. The van der Waals surface area contributed by atoms with Gasteiger partial charge in [-0.25, -0.2) is 0 Å². The van der Waals surface area contributed by atoms with Gasteiger partial charge in [0.2, 0.25) is 0 Å². The highest BCUT2D eigenvalue weighted by Crippen LogP contribution is 1.98. The molecule has 0 spiro atoms. The molecule has 0 saturated carbocycles. The van der Waals surface area contributed by atoms with Crippen molar-refractivity contribution >= 4 is 18.8 Å². The molecule has 0 aliphatic heterocycles. The molecule has 0 unspecified atom stereocenters. The van der Waals surface area contributed by atoms with Crippen LogP contribution in [0.4, 0.5) is 0 Å². The van der Waals surface area contributed by atoms with Gasteiger partial charge in [-0.15, -0.1) is 0 Å². The first-order chi connectivity index (χ1) is 4.77. The van der Waals surface area contributed by atoms with Crippen molar-refractivity contribution in [2.24, 2.45) is 0 Å². The number of carboxylic acids is 1. The number of aliphatic carboxylic acids is 1. The Bertz CT molecular complexity index is 97.7. The maximum atomic E-state index is 10.0. The van der Waals surface area contributed by atoms with Gasteiger partial charge >= 0.3 is 5.97 Å². The Balaban J connectivity index is 2.84. The number of hydrogen-bond donors (Lipinski definition) is 3. The van der Waals surface area contributed by atoms with Crippen molar-refractivity contribution in [1.82, 2.24) is 4.72 Å². The van der Waals surface area contributed by atoms with Crippen LogP contribution in [0.15, 0.2) is 0 Å². The third kappa shape index (κ3) is 7.78. The first-order valence-electron chi connectivity index (χ1n) is 3.36. The second-order valence-electron chi connectivity index (χ2n) is 2.11. The van der Waals surface area contributed by atoms with E-state index in [1.807, 2.05) is 0 Å². The Morgan fingerprint density at radius 3 is 2.60 bits per heavy atom. The standard InChI is InChI=1S/C6H13NO2S/c8-6(9)4-2-1-3-5-7-10/h7,10H,1-5H2,(H,8,9). The molecule has 0 aromatic heterocycles. The summed E-state index contributed by atoms with van der Waals surface area (Å²) in [6, 6.07) is 0. The molecule has 0 atom stereocenters. The summed E-state index contributed by atoms with van der Waals surface area (Å²) in [5.41, 5.74) is 0. The molecule has 0 aliphatic rings. The summed E-state index contributed by atoms with van der Waals surface area (Å²) in [6.45, 7) is 0.850. The van der Waals surface area contributed by atoms with E-state index in [0.29, 0.717) is 0 Å². The van der Waals surface area contributed by atoms with Gasteiger partial charge in [-0.2, -0.15) is 0 Å². The summed E-state index contributed by atoms with van der Waals surface area (Å²) >= 11 is 3.80. The van der Waals surface area contributed by atoms with Gasteiger partial charge in [0.25, 0.3) is 0 Å². The maximum absolute atomic E-state index is 10.0. The minimum atomic E-state index is -0.709. The number of hydrogen-bond acceptors (Lipinski definition) is 3. The number of rotatable bonds is 6. The lowest BCUT2D eigenvalue weighted by Gasteiger charge is -1.96. The fourth-order valence-electron chi connectivity index (χ4n) is 0.657. The zero-order chi connectivity index (χ0) is 7.82. The molecule has 0 aromatic carbocycles. The van der Waals surface area contributed by atoms with Gasteiger partial charge in [0.05, 0.1) is 0 Å². The Kier molecular flexibility index (Phi) is 6.74. The van der Waals surface area contributed by atoms with Crippen LogP contribution in [0.3, 0.4) is 0 Å². The smallest absolute Gasteiger partial charge is 0.303 e. The van der Waals surface area contributed by atoms with E-state index < -0.39 is 5.97 Å². The Labute approximate surface area is 66.4 Å². The van der Waals surface area contributed by atoms with Crippen LogP contribution in [0.25, 0.3) is 0 Å². The second-order valence-corrected chi connectivity index (χ2v) is 2.43. The average molecular weight is 163 g/mol. The van der Waals surface area contributed by atoms with Gasteiger partial charge in [0, 0.05) is 13.0 Å². The van der Waals surface area contributed by atoms with Crippen LogP contribution in [0.1, 0.15) is 25.7 Å². The van der Waals surface area contributed by atoms with E-state index in [0.717, 1.165) is 25.8 Å². The van der Waals surface area contributed by atoms with Gasteiger partial charge < -0.3 is 5.11 Å². The second kappa shape index (κ2) is 6.89. The van der Waals surface area contributed by atoms with E-state index in [-0.39, 0.29) is 6.42 Å². The molecular weight excluding hydrogens is 150 g/mol. The first-order valence-corrected chi connectivity index (χ1v) is 3.81. The zero-order valence-corrected chi connectivity index (χ0v) is 6.73. The molecule has 2 N–H and O–H groups in total. The van der Waals surface area contributed by atoms with E-state index in [2.05, 4.69) is 17.5 Å². The lowest BCUT2D eigenvalue weighted by Crippen LogP contribution is -2.01. The molecule has 0 amide bonds. The van der Waals surface area contributed by atoms with Crippen molar-refractivity contribution in [3.8, 4) is 0 Å². The highest BCUT2D eigenvalue weighted by Gasteiger charge is 1.94.